The monoisotopic (exact) mass is 450 g/mol. The highest BCUT2D eigenvalue weighted by molar-refractivity contribution is 6.42. The molecule has 0 bridgehead atoms. The number of amides is 1. The van der Waals surface area contributed by atoms with Gasteiger partial charge >= 0.3 is 0 Å². The van der Waals surface area contributed by atoms with Gasteiger partial charge in [-0.05, 0) is 29.3 Å². The number of fused-ring (bicyclic) bond motifs is 1. The van der Waals surface area contributed by atoms with E-state index in [1.54, 1.807) is 42.5 Å². The van der Waals surface area contributed by atoms with Gasteiger partial charge in [-0.25, -0.2) is 10.1 Å². The maximum atomic E-state index is 12.9. The molecule has 31 heavy (non-hydrogen) atoms. The smallest absolute Gasteiger partial charge is 0.267 e. The van der Waals surface area contributed by atoms with Crippen molar-refractivity contribution >= 4 is 46.1 Å². The van der Waals surface area contributed by atoms with Crippen molar-refractivity contribution in [3.05, 3.63) is 110 Å². The van der Waals surface area contributed by atoms with E-state index in [2.05, 4.69) is 15.6 Å². The molecule has 0 unspecified atom stereocenters. The van der Waals surface area contributed by atoms with E-state index in [9.17, 15) is 9.59 Å². The first kappa shape index (κ1) is 20.8. The molecule has 8 heteroatoms. The number of hydrogen-bond acceptors (Lipinski definition) is 4. The minimum Gasteiger partial charge on any atom is -0.267 e. The quantitative estimate of drug-likeness (QED) is 0.358. The maximum Gasteiger partial charge on any atom is 0.292 e. The van der Waals surface area contributed by atoms with Gasteiger partial charge in [0.2, 0.25) is 0 Å². The summed E-state index contributed by atoms with van der Waals surface area (Å²) in [6, 6.07) is 21.3. The zero-order valence-corrected chi connectivity index (χ0v) is 17.6. The van der Waals surface area contributed by atoms with Gasteiger partial charge in [-0.3, -0.25) is 9.59 Å². The summed E-state index contributed by atoms with van der Waals surface area (Å²) in [5.41, 5.74) is 3.87. The minimum atomic E-state index is -0.533. The first-order chi connectivity index (χ1) is 15.0. The second-order valence-electron chi connectivity index (χ2n) is 6.72. The summed E-state index contributed by atoms with van der Waals surface area (Å²) in [7, 11) is 0. The minimum absolute atomic E-state index is 0.109. The van der Waals surface area contributed by atoms with E-state index in [1.165, 1.54) is 10.9 Å². The molecular weight excluding hydrogens is 435 g/mol. The van der Waals surface area contributed by atoms with Crippen molar-refractivity contribution in [2.45, 2.75) is 6.54 Å². The maximum absolute atomic E-state index is 12.9. The van der Waals surface area contributed by atoms with Crippen LogP contribution in [-0.2, 0) is 6.54 Å². The van der Waals surface area contributed by atoms with Crippen LogP contribution in [0.1, 0.15) is 21.6 Å². The van der Waals surface area contributed by atoms with Gasteiger partial charge in [0.25, 0.3) is 11.5 Å². The number of aromatic nitrogens is 2. The predicted octanol–water partition coefficient (Wildman–Crippen LogP) is 4.52. The fourth-order valence-electron chi connectivity index (χ4n) is 3.08. The summed E-state index contributed by atoms with van der Waals surface area (Å²) in [6.45, 7) is 0.247. The Morgan fingerprint density at radius 1 is 0.968 bits per heavy atom. The van der Waals surface area contributed by atoms with Crippen molar-refractivity contribution in [1.82, 2.24) is 15.2 Å². The molecular formula is C23H16Cl2N4O2. The van der Waals surface area contributed by atoms with E-state index in [4.69, 9.17) is 23.2 Å². The first-order valence-electron chi connectivity index (χ1n) is 9.35. The molecule has 6 nitrogen and oxygen atoms in total. The summed E-state index contributed by atoms with van der Waals surface area (Å²) in [6.07, 6.45) is 1.45. The van der Waals surface area contributed by atoms with Gasteiger partial charge in [-0.2, -0.15) is 10.2 Å². The number of hydrogen-bond donors (Lipinski definition) is 1. The molecule has 1 amide bonds. The van der Waals surface area contributed by atoms with Crippen LogP contribution < -0.4 is 11.0 Å². The molecule has 1 N–H and O–H groups in total. The van der Waals surface area contributed by atoms with E-state index in [0.717, 1.165) is 5.56 Å². The largest absolute Gasteiger partial charge is 0.292 e. The number of carbonyl (C=O) groups excluding carboxylic acids is 1. The molecule has 0 aliphatic carbocycles. The number of hydrazone groups is 1. The average molecular weight is 451 g/mol. The van der Waals surface area contributed by atoms with Crippen LogP contribution >= 0.6 is 23.2 Å². The van der Waals surface area contributed by atoms with E-state index in [0.29, 0.717) is 26.4 Å². The Morgan fingerprint density at radius 2 is 1.68 bits per heavy atom. The lowest BCUT2D eigenvalue weighted by Crippen LogP contribution is -2.29. The molecule has 4 rings (SSSR count). The van der Waals surface area contributed by atoms with E-state index < -0.39 is 5.91 Å². The Kier molecular flexibility index (Phi) is 6.11. The predicted molar refractivity (Wildman–Crippen MR) is 123 cm³/mol. The van der Waals surface area contributed by atoms with Crippen molar-refractivity contribution in [3.63, 3.8) is 0 Å². The van der Waals surface area contributed by atoms with Crippen LogP contribution in [0.3, 0.4) is 0 Å². The SMILES string of the molecule is O=C(N/N=C\c1ccc(Cl)c(Cl)c1)c1nn(Cc2ccccc2)c(=O)c2ccccc12. The Balaban J connectivity index is 1.66. The van der Waals surface area contributed by atoms with E-state index in [1.807, 2.05) is 30.3 Å². The van der Waals surface area contributed by atoms with Crippen LogP contribution in [0.25, 0.3) is 10.8 Å². The van der Waals surface area contributed by atoms with Gasteiger partial charge in [0.1, 0.15) is 0 Å². The van der Waals surface area contributed by atoms with Crippen molar-refractivity contribution in [2.75, 3.05) is 0 Å². The van der Waals surface area contributed by atoms with Gasteiger partial charge in [-0.1, -0.05) is 77.8 Å². The van der Waals surface area contributed by atoms with Gasteiger partial charge in [0.15, 0.2) is 5.69 Å². The third-order valence-electron chi connectivity index (χ3n) is 4.58. The van der Waals surface area contributed by atoms with Gasteiger partial charge < -0.3 is 0 Å². The number of halogens is 2. The van der Waals surface area contributed by atoms with Crippen LogP contribution in [0.4, 0.5) is 0 Å². The fraction of sp³-hybridized carbons (Fsp3) is 0.0435. The number of rotatable bonds is 5. The summed E-state index contributed by atoms with van der Waals surface area (Å²) >= 11 is 11.9. The summed E-state index contributed by atoms with van der Waals surface area (Å²) < 4.78 is 1.29. The lowest BCUT2D eigenvalue weighted by atomic mass is 10.1. The van der Waals surface area contributed by atoms with Crippen LogP contribution in [-0.4, -0.2) is 21.9 Å². The standard InChI is InChI=1S/C23H16Cl2N4O2/c24-19-11-10-16(12-20(19)25)13-26-27-22(30)21-17-8-4-5-9-18(17)23(31)29(28-21)14-15-6-2-1-3-7-15/h1-13H,14H2,(H,27,30)/b26-13-. The molecule has 0 radical (unpaired) electrons. The zero-order valence-electron chi connectivity index (χ0n) is 16.1. The Bertz CT molecular complexity index is 1350. The zero-order chi connectivity index (χ0) is 21.8. The number of carbonyl (C=O) groups is 1. The number of nitrogens with zero attached hydrogens (tertiary/aromatic N) is 3. The first-order valence-corrected chi connectivity index (χ1v) is 10.1. The molecule has 0 saturated heterocycles. The molecule has 1 heterocycles. The molecule has 0 saturated carbocycles. The van der Waals surface area contributed by atoms with Crippen LogP contribution in [0.5, 0.6) is 0 Å². The highest BCUT2D eigenvalue weighted by Gasteiger charge is 2.16. The van der Waals surface area contributed by atoms with Gasteiger partial charge in [0, 0.05) is 5.39 Å². The second-order valence-corrected chi connectivity index (χ2v) is 7.53. The third-order valence-corrected chi connectivity index (χ3v) is 5.32. The highest BCUT2D eigenvalue weighted by Crippen LogP contribution is 2.21. The van der Waals surface area contributed by atoms with E-state index >= 15 is 0 Å². The fourth-order valence-corrected chi connectivity index (χ4v) is 3.38. The van der Waals surface area contributed by atoms with Gasteiger partial charge in [-0.15, -0.1) is 0 Å². The Labute approximate surface area is 187 Å². The van der Waals surface area contributed by atoms with Crippen molar-refractivity contribution < 1.29 is 4.79 Å². The molecule has 0 fully saturated rings. The average Bonchev–Trinajstić information content (AvgIpc) is 2.79. The molecule has 0 aliphatic heterocycles. The third kappa shape index (κ3) is 4.66. The normalized spacial score (nSPS) is 11.2. The molecule has 4 aromatic rings. The van der Waals surface area contributed by atoms with Crippen molar-refractivity contribution in [3.8, 4) is 0 Å². The molecule has 0 aliphatic rings. The lowest BCUT2D eigenvalue weighted by molar-refractivity contribution is 0.0949. The van der Waals surface area contributed by atoms with Crippen LogP contribution in [0.15, 0.2) is 82.7 Å². The Hall–Kier alpha value is -3.48. The number of benzene rings is 3. The summed E-state index contributed by atoms with van der Waals surface area (Å²) in [4.78, 5) is 25.7. The molecule has 0 spiro atoms. The van der Waals surface area contributed by atoms with Crippen molar-refractivity contribution in [2.24, 2.45) is 5.10 Å². The molecule has 154 valence electrons. The highest BCUT2D eigenvalue weighted by atomic mass is 35.5. The topological polar surface area (TPSA) is 76.3 Å². The number of nitrogens with one attached hydrogen (secondary N) is 1. The van der Waals surface area contributed by atoms with Crippen LogP contribution in [0.2, 0.25) is 10.0 Å². The lowest BCUT2D eigenvalue weighted by Gasteiger charge is -2.10. The van der Waals surface area contributed by atoms with Crippen molar-refractivity contribution in [1.29, 1.82) is 0 Å². The van der Waals surface area contributed by atoms with E-state index in [-0.39, 0.29) is 17.8 Å². The van der Waals surface area contributed by atoms with Gasteiger partial charge in [0.05, 0.1) is 28.2 Å². The summed E-state index contributed by atoms with van der Waals surface area (Å²) in [5.74, 6) is -0.533. The molecule has 1 aromatic heterocycles. The summed E-state index contributed by atoms with van der Waals surface area (Å²) in [5, 5.41) is 9.99. The molecule has 3 aromatic carbocycles. The molecule has 0 atom stereocenters. The second kappa shape index (κ2) is 9.12. The van der Waals surface area contributed by atoms with Crippen LogP contribution in [0, 0.1) is 0 Å². The Morgan fingerprint density at radius 3 is 2.42 bits per heavy atom.